The van der Waals surface area contributed by atoms with E-state index in [4.69, 9.17) is 9.47 Å². The van der Waals surface area contributed by atoms with E-state index in [0.29, 0.717) is 49.6 Å². The number of carbonyl (C=O) groups excluding carboxylic acids is 1. The number of likely N-dealkylation sites (tertiary alicyclic amines) is 1. The van der Waals surface area contributed by atoms with Gasteiger partial charge in [-0.3, -0.25) is 4.79 Å². The predicted molar refractivity (Wildman–Crippen MR) is 124 cm³/mol. The number of nitrogens with zero attached hydrogens (tertiary/aromatic N) is 2. The molecule has 2 atom stereocenters. The zero-order chi connectivity index (χ0) is 24.2. The van der Waals surface area contributed by atoms with Crippen molar-refractivity contribution in [3.05, 3.63) is 65.2 Å². The molecule has 4 aliphatic rings. The molecule has 5 nitrogen and oxygen atoms in total. The number of amides is 1. The van der Waals surface area contributed by atoms with Gasteiger partial charge in [0.1, 0.15) is 5.60 Å². The molecule has 1 saturated carbocycles. The zero-order valence-corrected chi connectivity index (χ0v) is 19.5. The summed E-state index contributed by atoms with van der Waals surface area (Å²) >= 11 is 0. The van der Waals surface area contributed by atoms with E-state index >= 15 is 0 Å². The molecule has 6 rings (SSSR count). The first-order chi connectivity index (χ1) is 16.8. The highest BCUT2D eigenvalue weighted by Gasteiger charge is 2.44. The van der Waals surface area contributed by atoms with Gasteiger partial charge in [0.15, 0.2) is 0 Å². The summed E-state index contributed by atoms with van der Waals surface area (Å²) in [6.07, 6.45) is -1.88. The standard InChI is InChI=1S/C27H29F3N2O3/c28-27(29,30)22-6-8-24(9-7-22)31-11-20-13-32(14-21(20)12-31)25(33)19-2-1-3-23(10-19)26(16-34-17-26)35-15-18-4-5-18/h1-3,6-10,18,20-21H,4-5,11-17H2. The second-order valence-corrected chi connectivity index (χ2v) is 10.5. The van der Waals surface area contributed by atoms with Crippen molar-refractivity contribution in [3.8, 4) is 0 Å². The number of halogens is 3. The first kappa shape index (κ1) is 22.9. The quantitative estimate of drug-likeness (QED) is 0.600. The monoisotopic (exact) mass is 486 g/mol. The average molecular weight is 487 g/mol. The van der Waals surface area contributed by atoms with Crippen molar-refractivity contribution >= 4 is 11.6 Å². The average Bonchev–Trinajstić information content (AvgIpc) is 3.43. The first-order valence-corrected chi connectivity index (χ1v) is 12.3. The summed E-state index contributed by atoms with van der Waals surface area (Å²) in [7, 11) is 0. The molecule has 2 aromatic rings. The summed E-state index contributed by atoms with van der Waals surface area (Å²) < 4.78 is 50.3. The Kier molecular flexibility index (Phi) is 5.56. The number of carbonyl (C=O) groups is 1. The van der Waals surface area contributed by atoms with Crippen molar-refractivity contribution < 1.29 is 27.4 Å². The van der Waals surface area contributed by atoms with Gasteiger partial charge in [0.25, 0.3) is 5.91 Å². The highest BCUT2D eigenvalue weighted by atomic mass is 19.4. The topological polar surface area (TPSA) is 42.0 Å². The Bertz CT molecular complexity index is 1080. The lowest BCUT2D eigenvalue weighted by Gasteiger charge is -2.41. The van der Waals surface area contributed by atoms with Gasteiger partial charge in [-0.2, -0.15) is 13.2 Å². The smallest absolute Gasteiger partial charge is 0.375 e. The molecule has 0 N–H and O–H groups in total. The first-order valence-electron chi connectivity index (χ1n) is 12.3. The van der Waals surface area contributed by atoms with Gasteiger partial charge in [-0.1, -0.05) is 12.1 Å². The van der Waals surface area contributed by atoms with Gasteiger partial charge in [0.2, 0.25) is 0 Å². The molecule has 0 spiro atoms. The van der Waals surface area contributed by atoms with Crippen molar-refractivity contribution in [2.24, 2.45) is 17.8 Å². The van der Waals surface area contributed by atoms with E-state index in [2.05, 4.69) is 4.90 Å². The summed E-state index contributed by atoms with van der Waals surface area (Å²) in [6, 6.07) is 13.1. The maximum atomic E-state index is 13.4. The van der Waals surface area contributed by atoms with Crippen LogP contribution in [-0.4, -0.2) is 56.8 Å². The van der Waals surface area contributed by atoms with Crippen molar-refractivity contribution in [3.63, 3.8) is 0 Å². The summed E-state index contributed by atoms with van der Waals surface area (Å²) in [6.45, 7) is 4.60. The molecule has 0 bridgehead atoms. The molecule has 4 fully saturated rings. The summed E-state index contributed by atoms with van der Waals surface area (Å²) in [4.78, 5) is 17.4. The SMILES string of the molecule is O=C(c1cccc(C2(OCC3CC3)COC2)c1)N1CC2CN(c3ccc(C(F)(F)F)cc3)CC2C1. The fourth-order valence-electron chi connectivity index (χ4n) is 5.53. The third-order valence-corrected chi connectivity index (χ3v) is 7.93. The van der Waals surface area contributed by atoms with Crippen LogP contribution < -0.4 is 4.90 Å². The van der Waals surface area contributed by atoms with E-state index < -0.39 is 17.3 Å². The van der Waals surface area contributed by atoms with Crippen molar-refractivity contribution in [1.29, 1.82) is 0 Å². The van der Waals surface area contributed by atoms with Crippen LogP contribution in [0.25, 0.3) is 0 Å². The van der Waals surface area contributed by atoms with Gasteiger partial charge in [-0.15, -0.1) is 0 Å². The Morgan fingerprint density at radius 1 is 1.00 bits per heavy atom. The van der Waals surface area contributed by atoms with Gasteiger partial charge < -0.3 is 19.3 Å². The number of anilines is 1. The lowest BCUT2D eigenvalue weighted by molar-refractivity contribution is -0.218. The lowest BCUT2D eigenvalue weighted by Crippen LogP contribution is -2.49. The number of fused-ring (bicyclic) bond motifs is 1. The molecule has 1 amide bonds. The minimum Gasteiger partial charge on any atom is -0.375 e. The number of rotatable bonds is 6. The van der Waals surface area contributed by atoms with E-state index in [-0.39, 0.29) is 5.91 Å². The van der Waals surface area contributed by atoms with Crippen molar-refractivity contribution in [2.75, 3.05) is 50.9 Å². The molecule has 3 aliphatic heterocycles. The van der Waals surface area contributed by atoms with E-state index in [1.807, 2.05) is 29.2 Å². The largest absolute Gasteiger partial charge is 0.416 e. The van der Waals surface area contributed by atoms with Gasteiger partial charge in [-0.05, 0) is 60.7 Å². The van der Waals surface area contributed by atoms with Gasteiger partial charge >= 0.3 is 6.18 Å². The third-order valence-electron chi connectivity index (χ3n) is 7.93. The Hall–Kier alpha value is -2.58. The lowest BCUT2D eigenvalue weighted by atomic mass is 9.90. The highest BCUT2D eigenvalue weighted by Crippen LogP contribution is 2.39. The van der Waals surface area contributed by atoms with Crippen LogP contribution in [0.15, 0.2) is 48.5 Å². The molecule has 186 valence electrons. The molecule has 3 saturated heterocycles. The van der Waals surface area contributed by atoms with Gasteiger partial charge in [0.05, 0.1) is 25.4 Å². The molecule has 8 heteroatoms. The van der Waals surface area contributed by atoms with E-state index in [1.54, 1.807) is 12.1 Å². The Morgan fingerprint density at radius 2 is 1.69 bits per heavy atom. The second kappa shape index (κ2) is 8.52. The van der Waals surface area contributed by atoms with Gasteiger partial charge in [0, 0.05) is 49.3 Å². The zero-order valence-electron chi connectivity index (χ0n) is 19.5. The summed E-state index contributed by atoms with van der Waals surface area (Å²) in [5.41, 5.74) is 1.40. The fourth-order valence-corrected chi connectivity index (χ4v) is 5.53. The molecular weight excluding hydrogens is 457 g/mol. The van der Waals surface area contributed by atoms with Crippen molar-refractivity contribution in [2.45, 2.75) is 24.6 Å². The molecule has 1 aliphatic carbocycles. The molecular formula is C27H29F3N2O3. The number of ether oxygens (including phenoxy) is 2. The van der Waals surface area contributed by atoms with Crippen LogP contribution in [0.1, 0.15) is 34.3 Å². The van der Waals surface area contributed by atoms with Crippen LogP contribution in [0.4, 0.5) is 18.9 Å². The Labute approximate surface area is 202 Å². The number of alkyl halides is 3. The molecule has 2 unspecified atom stereocenters. The van der Waals surface area contributed by atoms with Crippen LogP contribution in [0.2, 0.25) is 0 Å². The summed E-state index contributed by atoms with van der Waals surface area (Å²) in [5, 5.41) is 0. The van der Waals surface area contributed by atoms with Crippen LogP contribution in [0.5, 0.6) is 0 Å². The maximum Gasteiger partial charge on any atom is 0.416 e. The molecule has 35 heavy (non-hydrogen) atoms. The van der Waals surface area contributed by atoms with E-state index in [1.165, 1.54) is 12.8 Å². The second-order valence-electron chi connectivity index (χ2n) is 10.5. The van der Waals surface area contributed by atoms with Crippen molar-refractivity contribution in [1.82, 2.24) is 4.90 Å². The fraction of sp³-hybridized carbons (Fsp3) is 0.519. The minimum atomic E-state index is -4.33. The number of hydrogen-bond donors (Lipinski definition) is 0. The minimum absolute atomic E-state index is 0.0277. The summed E-state index contributed by atoms with van der Waals surface area (Å²) in [5.74, 6) is 1.32. The maximum absolute atomic E-state index is 13.4. The van der Waals surface area contributed by atoms with Crippen LogP contribution in [0, 0.1) is 17.8 Å². The van der Waals surface area contributed by atoms with E-state index in [0.717, 1.165) is 43.1 Å². The normalized spacial score (nSPS) is 25.5. The van der Waals surface area contributed by atoms with Crippen LogP contribution in [0.3, 0.4) is 0 Å². The molecule has 0 radical (unpaired) electrons. The molecule has 0 aromatic heterocycles. The third kappa shape index (κ3) is 4.42. The highest BCUT2D eigenvalue weighted by molar-refractivity contribution is 5.94. The van der Waals surface area contributed by atoms with Crippen LogP contribution >= 0.6 is 0 Å². The number of hydrogen-bond acceptors (Lipinski definition) is 4. The van der Waals surface area contributed by atoms with Crippen LogP contribution in [-0.2, 0) is 21.3 Å². The van der Waals surface area contributed by atoms with E-state index in [9.17, 15) is 18.0 Å². The Balaban J connectivity index is 1.09. The Morgan fingerprint density at radius 3 is 2.26 bits per heavy atom. The molecule has 3 heterocycles. The van der Waals surface area contributed by atoms with Gasteiger partial charge in [-0.25, -0.2) is 0 Å². The molecule has 2 aromatic carbocycles. The number of benzene rings is 2. The predicted octanol–water partition coefficient (Wildman–Crippen LogP) is 4.57.